The first-order chi connectivity index (χ1) is 9.62. The molecule has 9 heteroatoms. The fourth-order valence-corrected chi connectivity index (χ4v) is 2.47. The molecule has 0 saturated carbocycles. The van der Waals surface area contributed by atoms with E-state index in [1.165, 1.54) is 4.90 Å². The van der Waals surface area contributed by atoms with Gasteiger partial charge >= 0.3 is 6.03 Å². The van der Waals surface area contributed by atoms with E-state index in [9.17, 15) is 9.90 Å². The van der Waals surface area contributed by atoms with E-state index in [1.54, 1.807) is 13.2 Å². The second-order valence-electron chi connectivity index (χ2n) is 4.83. The summed E-state index contributed by atoms with van der Waals surface area (Å²) in [5, 5.41) is 27.6. The highest BCUT2D eigenvalue weighted by atomic mass is 16.5. The minimum Gasteiger partial charge on any atom is -0.394 e. The van der Waals surface area contributed by atoms with Crippen LogP contribution in [0, 0.1) is 0 Å². The van der Waals surface area contributed by atoms with E-state index in [-0.39, 0.29) is 25.2 Å². The van der Waals surface area contributed by atoms with Gasteiger partial charge in [0.25, 0.3) is 0 Å². The topological polar surface area (TPSA) is 118 Å². The predicted molar refractivity (Wildman–Crippen MR) is 68.2 cm³/mol. The first kappa shape index (κ1) is 13.2. The van der Waals surface area contributed by atoms with Crippen LogP contribution in [0.3, 0.4) is 0 Å². The molecule has 0 aromatic carbocycles. The van der Waals surface area contributed by atoms with Crippen LogP contribution >= 0.6 is 0 Å². The van der Waals surface area contributed by atoms with Crippen LogP contribution in [0.2, 0.25) is 0 Å². The SMILES string of the molecule is CN=C1NC2=CN(C3C[C@H](O)[C@@H](CO)O3)C(=O)NC2N1. The van der Waals surface area contributed by atoms with Crippen molar-refractivity contribution in [1.29, 1.82) is 0 Å². The van der Waals surface area contributed by atoms with E-state index >= 15 is 0 Å². The summed E-state index contributed by atoms with van der Waals surface area (Å²) >= 11 is 0. The van der Waals surface area contributed by atoms with E-state index < -0.39 is 18.4 Å². The molecule has 4 atom stereocenters. The highest BCUT2D eigenvalue weighted by Gasteiger charge is 2.41. The number of aliphatic hydroxyl groups excluding tert-OH is 2. The maximum atomic E-state index is 12.1. The zero-order valence-electron chi connectivity index (χ0n) is 10.9. The van der Waals surface area contributed by atoms with Crippen molar-refractivity contribution in [3.8, 4) is 0 Å². The van der Waals surface area contributed by atoms with Crippen LogP contribution in [0.15, 0.2) is 16.9 Å². The van der Waals surface area contributed by atoms with Gasteiger partial charge in [-0.25, -0.2) is 4.79 Å². The summed E-state index contributed by atoms with van der Waals surface area (Å²) in [5.41, 5.74) is 0.746. The lowest BCUT2D eigenvalue weighted by molar-refractivity contribution is -0.0545. The summed E-state index contributed by atoms with van der Waals surface area (Å²) < 4.78 is 5.48. The lowest BCUT2D eigenvalue weighted by Crippen LogP contribution is -2.54. The second kappa shape index (κ2) is 4.93. The van der Waals surface area contributed by atoms with Crippen molar-refractivity contribution in [2.24, 2.45) is 4.99 Å². The first-order valence-electron chi connectivity index (χ1n) is 6.37. The highest BCUT2D eigenvalue weighted by molar-refractivity contribution is 5.88. The summed E-state index contributed by atoms with van der Waals surface area (Å²) in [7, 11) is 1.63. The Bertz CT molecular complexity index is 479. The van der Waals surface area contributed by atoms with Gasteiger partial charge in [0.05, 0.1) is 18.4 Å². The minimum absolute atomic E-state index is 0.259. The molecular weight excluding hydrogens is 266 g/mol. The Labute approximate surface area is 115 Å². The molecule has 0 spiro atoms. The van der Waals surface area contributed by atoms with E-state index in [0.717, 1.165) is 5.70 Å². The molecule has 3 rings (SSSR count). The lowest BCUT2D eigenvalue weighted by Gasteiger charge is -2.31. The summed E-state index contributed by atoms with van der Waals surface area (Å²) in [6, 6.07) is -0.332. The summed E-state index contributed by atoms with van der Waals surface area (Å²) in [4.78, 5) is 17.4. The Morgan fingerprint density at radius 1 is 1.55 bits per heavy atom. The molecule has 2 fully saturated rings. The normalized spacial score (nSPS) is 38.1. The number of carbonyl (C=O) groups is 1. The van der Waals surface area contributed by atoms with Crippen molar-refractivity contribution in [2.45, 2.75) is 31.0 Å². The van der Waals surface area contributed by atoms with Gasteiger partial charge in [-0.15, -0.1) is 0 Å². The Morgan fingerprint density at radius 3 is 3.00 bits per heavy atom. The molecule has 9 nitrogen and oxygen atoms in total. The fourth-order valence-electron chi connectivity index (χ4n) is 2.47. The summed E-state index contributed by atoms with van der Waals surface area (Å²) in [6.07, 6.45) is -0.485. The molecular formula is C11H17N5O4. The van der Waals surface area contributed by atoms with E-state index in [4.69, 9.17) is 9.84 Å². The van der Waals surface area contributed by atoms with Crippen LogP contribution in [-0.2, 0) is 4.74 Å². The molecule has 3 aliphatic rings. The van der Waals surface area contributed by atoms with Gasteiger partial charge in [0.1, 0.15) is 18.5 Å². The molecule has 2 saturated heterocycles. The van der Waals surface area contributed by atoms with Crippen molar-refractivity contribution >= 4 is 12.0 Å². The number of ether oxygens (including phenoxy) is 1. The van der Waals surface area contributed by atoms with Crippen LogP contribution in [0.5, 0.6) is 0 Å². The van der Waals surface area contributed by atoms with Crippen LogP contribution in [-0.4, -0.2) is 65.4 Å². The number of fused-ring (bicyclic) bond motifs is 1. The number of nitrogens with zero attached hydrogens (tertiary/aromatic N) is 2. The number of urea groups is 1. The smallest absolute Gasteiger partial charge is 0.325 e. The van der Waals surface area contributed by atoms with Gasteiger partial charge < -0.3 is 30.9 Å². The quantitative estimate of drug-likeness (QED) is 0.393. The van der Waals surface area contributed by atoms with Gasteiger partial charge in [0.2, 0.25) is 0 Å². The molecule has 0 radical (unpaired) electrons. The van der Waals surface area contributed by atoms with Crippen molar-refractivity contribution < 1.29 is 19.7 Å². The van der Waals surface area contributed by atoms with Crippen LogP contribution in [0.1, 0.15) is 6.42 Å². The van der Waals surface area contributed by atoms with E-state index in [0.29, 0.717) is 5.96 Å². The number of aliphatic imine (C=N–C) groups is 1. The molecule has 0 bridgehead atoms. The van der Waals surface area contributed by atoms with E-state index in [1.807, 2.05) is 0 Å². The number of rotatable bonds is 2. The Kier molecular flexibility index (Phi) is 3.24. The predicted octanol–water partition coefficient (Wildman–Crippen LogP) is -2.17. The lowest BCUT2D eigenvalue weighted by atomic mass is 10.2. The number of aliphatic hydroxyl groups is 2. The number of amides is 2. The van der Waals surface area contributed by atoms with Gasteiger partial charge in [-0.05, 0) is 0 Å². The van der Waals surface area contributed by atoms with Crippen molar-refractivity contribution in [2.75, 3.05) is 13.7 Å². The van der Waals surface area contributed by atoms with Crippen molar-refractivity contribution in [3.05, 3.63) is 11.9 Å². The molecule has 2 amide bonds. The van der Waals surface area contributed by atoms with Gasteiger partial charge in [0, 0.05) is 19.7 Å². The van der Waals surface area contributed by atoms with Gasteiger partial charge in [-0.1, -0.05) is 0 Å². The van der Waals surface area contributed by atoms with E-state index in [2.05, 4.69) is 20.9 Å². The van der Waals surface area contributed by atoms with Crippen LogP contribution in [0.4, 0.5) is 4.79 Å². The average molecular weight is 283 g/mol. The Hall–Kier alpha value is -1.84. The van der Waals surface area contributed by atoms with Crippen molar-refractivity contribution in [3.63, 3.8) is 0 Å². The van der Waals surface area contributed by atoms with Gasteiger partial charge in [-0.2, -0.15) is 0 Å². The number of carbonyl (C=O) groups excluding carboxylic acids is 1. The van der Waals surface area contributed by atoms with Crippen LogP contribution < -0.4 is 16.0 Å². The maximum Gasteiger partial charge on any atom is 0.325 e. The molecule has 0 aromatic rings. The molecule has 20 heavy (non-hydrogen) atoms. The average Bonchev–Trinajstić information content (AvgIpc) is 3.00. The first-order valence-corrected chi connectivity index (χ1v) is 6.37. The molecule has 2 unspecified atom stereocenters. The third-order valence-corrected chi connectivity index (χ3v) is 3.55. The van der Waals surface area contributed by atoms with Gasteiger partial charge in [0.15, 0.2) is 5.96 Å². The third-order valence-electron chi connectivity index (χ3n) is 3.55. The summed E-state index contributed by atoms with van der Waals surface area (Å²) in [5.74, 6) is 0.573. The van der Waals surface area contributed by atoms with Crippen LogP contribution in [0.25, 0.3) is 0 Å². The van der Waals surface area contributed by atoms with Gasteiger partial charge in [-0.3, -0.25) is 9.89 Å². The summed E-state index contributed by atoms with van der Waals surface area (Å²) in [6.45, 7) is -0.279. The number of nitrogens with one attached hydrogen (secondary N) is 3. The number of guanidine groups is 1. The molecule has 110 valence electrons. The molecule has 0 aromatic heterocycles. The monoisotopic (exact) mass is 283 g/mol. The largest absolute Gasteiger partial charge is 0.394 e. The third kappa shape index (κ3) is 2.09. The number of hydrogen-bond acceptors (Lipinski definition) is 5. The minimum atomic E-state index is -0.781. The zero-order valence-corrected chi connectivity index (χ0v) is 10.9. The molecule has 0 aliphatic carbocycles. The maximum absolute atomic E-state index is 12.1. The Morgan fingerprint density at radius 2 is 2.35 bits per heavy atom. The van der Waals surface area contributed by atoms with Crippen molar-refractivity contribution in [1.82, 2.24) is 20.9 Å². The standard InChI is InChI=1S/C11H17N5O4/c1-12-10-13-5-3-16(11(19)15-9(5)14-10)8-2-6(18)7(4-17)20-8/h3,6-9,17-18H,2,4H2,1H3,(H,15,19)(H2,12,13,14)/t6-,7+,8?,9?/m0/s1. The molecule has 3 aliphatic heterocycles. The highest BCUT2D eigenvalue weighted by Crippen LogP contribution is 2.26. The number of hydrogen-bond donors (Lipinski definition) is 5. The zero-order chi connectivity index (χ0) is 14.3. The molecule has 5 N–H and O–H groups in total. The fraction of sp³-hybridized carbons (Fsp3) is 0.636. The molecule has 3 heterocycles. The Balaban J connectivity index is 1.78. The second-order valence-corrected chi connectivity index (χ2v) is 4.83.